The molecule has 7 nitrogen and oxygen atoms in total. The zero-order chi connectivity index (χ0) is 20.1. The second kappa shape index (κ2) is 8.73. The molecule has 1 aromatic heterocycles. The molecule has 3 N–H and O–H groups in total. The van der Waals surface area contributed by atoms with Crippen molar-refractivity contribution < 1.29 is 23.9 Å². The fraction of sp³-hybridized carbons (Fsp3) is 0.381. The Morgan fingerprint density at radius 2 is 1.79 bits per heavy atom. The molecule has 7 heteroatoms. The minimum Gasteiger partial charge on any atom is -0.481 e. The number of amides is 2. The van der Waals surface area contributed by atoms with E-state index in [1.54, 1.807) is 31.2 Å². The Kier molecular flexibility index (Phi) is 6.13. The molecule has 1 aromatic carbocycles. The molecule has 148 valence electrons. The predicted octanol–water partition coefficient (Wildman–Crippen LogP) is 3.99. The van der Waals surface area contributed by atoms with E-state index in [1.165, 1.54) is 12.7 Å². The molecule has 1 aliphatic carbocycles. The number of nitrogens with one attached hydrogen (secondary N) is 2. The highest BCUT2D eigenvalue weighted by molar-refractivity contribution is 6.06. The standard InChI is InChI=1S/C21H24N2O5/c1-13-12-28-17(11-18(24)25)19(13)21(27)23-16-9-5-8-15(10-16)22-20(26)14-6-3-2-4-7-14/h5,8-10,12,14H,2-4,6-7,11H2,1H3,(H,22,26)(H,23,27)(H,24,25). The number of carboxylic acids is 1. The second-order valence-electron chi connectivity index (χ2n) is 7.15. The summed E-state index contributed by atoms with van der Waals surface area (Å²) in [4.78, 5) is 36.0. The van der Waals surface area contributed by atoms with Gasteiger partial charge in [0.25, 0.3) is 5.91 Å². The van der Waals surface area contributed by atoms with Crippen molar-refractivity contribution in [2.45, 2.75) is 45.4 Å². The summed E-state index contributed by atoms with van der Waals surface area (Å²) in [6, 6.07) is 6.91. The molecule has 28 heavy (non-hydrogen) atoms. The lowest BCUT2D eigenvalue weighted by Crippen LogP contribution is -2.24. The number of hydrogen-bond acceptors (Lipinski definition) is 4. The largest absolute Gasteiger partial charge is 0.481 e. The molecule has 0 atom stereocenters. The van der Waals surface area contributed by atoms with Crippen molar-refractivity contribution in [3.05, 3.63) is 47.4 Å². The number of anilines is 2. The molecule has 1 saturated carbocycles. The Balaban J connectivity index is 1.69. The van der Waals surface area contributed by atoms with Gasteiger partial charge >= 0.3 is 5.97 Å². The Hall–Kier alpha value is -3.09. The number of benzene rings is 1. The Bertz CT molecular complexity index is 881. The molecule has 1 fully saturated rings. The zero-order valence-electron chi connectivity index (χ0n) is 15.8. The maximum absolute atomic E-state index is 12.6. The molecular formula is C21H24N2O5. The molecule has 0 unspecified atom stereocenters. The summed E-state index contributed by atoms with van der Waals surface area (Å²) >= 11 is 0. The molecule has 0 radical (unpaired) electrons. The van der Waals surface area contributed by atoms with Crippen LogP contribution in [0.2, 0.25) is 0 Å². The van der Waals surface area contributed by atoms with E-state index in [2.05, 4.69) is 10.6 Å². The minimum atomic E-state index is -1.07. The number of rotatable bonds is 6. The van der Waals surface area contributed by atoms with Crippen molar-refractivity contribution in [1.82, 2.24) is 0 Å². The average molecular weight is 384 g/mol. The minimum absolute atomic E-state index is 0.0117. The molecule has 0 spiro atoms. The Morgan fingerprint density at radius 1 is 1.11 bits per heavy atom. The van der Waals surface area contributed by atoms with Crippen LogP contribution in [0.25, 0.3) is 0 Å². The van der Waals surface area contributed by atoms with Gasteiger partial charge in [0.1, 0.15) is 12.2 Å². The van der Waals surface area contributed by atoms with Gasteiger partial charge in [0.15, 0.2) is 0 Å². The monoisotopic (exact) mass is 384 g/mol. The molecule has 1 heterocycles. The first-order valence-corrected chi connectivity index (χ1v) is 9.45. The highest BCUT2D eigenvalue weighted by Gasteiger charge is 2.22. The Labute approximate surface area is 163 Å². The molecule has 0 aliphatic heterocycles. The fourth-order valence-electron chi connectivity index (χ4n) is 3.55. The van der Waals surface area contributed by atoms with Gasteiger partial charge < -0.3 is 20.2 Å². The van der Waals surface area contributed by atoms with E-state index in [1.807, 2.05) is 0 Å². The van der Waals surface area contributed by atoms with Crippen LogP contribution in [0.3, 0.4) is 0 Å². The van der Waals surface area contributed by atoms with Crippen molar-refractivity contribution >= 4 is 29.2 Å². The maximum atomic E-state index is 12.6. The van der Waals surface area contributed by atoms with E-state index >= 15 is 0 Å². The van der Waals surface area contributed by atoms with E-state index in [4.69, 9.17) is 9.52 Å². The lowest BCUT2D eigenvalue weighted by atomic mass is 9.88. The quantitative estimate of drug-likeness (QED) is 0.698. The van der Waals surface area contributed by atoms with Crippen LogP contribution in [0.15, 0.2) is 34.9 Å². The number of carboxylic acid groups (broad SMARTS) is 1. The van der Waals surface area contributed by atoms with Crippen LogP contribution in [0.1, 0.15) is 53.8 Å². The van der Waals surface area contributed by atoms with Crippen molar-refractivity contribution in [1.29, 1.82) is 0 Å². The van der Waals surface area contributed by atoms with E-state index in [0.29, 0.717) is 16.9 Å². The normalized spacial score (nSPS) is 14.5. The van der Waals surface area contributed by atoms with Crippen LogP contribution in [0.4, 0.5) is 11.4 Å². The maximum Gasteiger partial charge on any atom is 0.311 e. The SMILES string of the molecule is Cc1coc(CC(=O)O)c1C(=O)Nc1cccc(NC(=O)C2CCCCC2)c1. The molecule has 2 aromatic rings. The summed E-state index contributed by atoms with van der Waals surface area (Å²) in [6.45, 7) is 1.69. The van der Waals surface area contributed by atoms with Crippen LogP contribution in [0, 0.1) is 12.8 Å². The van der Waals surface area contributed by atoms with E-state index in [9.17, 15) is 14.4 Å². The van der Waals surface area contributed by atoms with E-state index < -0.39 is 11.9 Å². The predicted molar refractivity (Wildman–Crippen MR) is 104 cm³/mol. The first kappa shape index (κ1) is 19.7. The van der Waals surface area contributed by atoms with Crippen molar-refractivity contribution in [2.75, 3.05) is 10.6 Å². The molecule has 1 aliphatic rings. The lowest BCUT2D eigenvalue weighted by Gasteiger charge is -2.20. The Morgan fingerprint density at radius 3 is 2.46 bits per heavy atom. The highest BCUT2D eigenvalue weighted by Crippen LogP contribution is 2.26. The van der Waals surface area contributed by atoms with E-state index in [-0.39, 0.29) is 29.6 Å². The van der Waals surface area contributed by atoms with Gasteiger partial charge in [0.05, 0.1) is 11.8 Å². The third-order valence-corrected chi connectivity index (χ3v) is 4.95. The number of aliphatic carboxylic acids is 1. The van der Waals surface area contributed by atoms with Gasteiger partial charge in [-0.3, -0.25) is 14.4 Å². The van der Waals surface area contributed by atoms with Crippen molar-refractivity contribution in [3.63, 3.8) is 0 Å². The number of carbonyl (C=O) groups is 3. The smallest absolute Gasteiger partial charge is 0.311 e. The summed E-state index contributed by atoms with van der Waals surface area (Å²) < 4.78 is 5.21. The molecule has 2 amide bonds. The first-order chi connectivity index (χ1) is 13.4. The summed E-state index contributed by atoms with van der Waals surface area (Å²) in [5.74, 6) is -1.35. The van der Waals surface area contributed by atoms with Gasteiger partial charge in [-0.15, -0.1) is 0 Å². The van der Waals surface area contributed by atoms with Crippen molar-refractivity contribution in [2.24, 2.45) is 5.92 Å². The summed E-state index contributed by atoms with van der Waals surface area (Å²) in [7, 11) is 0. The van der Waals surface area contributed by atoms with Gasteiger partial charge in [0.2, 0.25) is 5.91 Å². The lowest BCUT2D eigenvalue weighted by molar-refractivity contribution is -0.136. The molecule has 3 rings (SSSR count). The second-order valence-corrected chi connectivity index (χ2v) is 7.15. The number of carbonyl (C=O) groups excluding carboxylic acids is 2. The van der Waals surface area contributed by atoms with Gasteiger partial charge in [-0.2, -0.15) is 0 Å². The summed E-state index contributed by atoms with van der Waals surface area (Å²) in [5, 5.41) is 14.6. The van der Waals surface area contributed by atoms with Crippen LogP contribution in [-0.2, 0) is 16.0 Å². The average Bonchev–Trinajstić information content (AvgIpc) is 3.02. The summed E-state index contributed by atoms with van der Waals surface area (Å²) in [6.07, 6.45) is 6.17. The number of hydrogen-bond donors (Lipinski definition) is 3. The van der Waals surface area contributed by atoms with Crippen molar-refractivity contribution in [3.8, 4) is 0 Å². The highest BCUT2D eigenvalue weighted by atomic mass is 16.4. The number of aryl methyl sites for hydroxylation is 1. The van der Waals surface area contributed by atoms with Gasteiger partial charge in [-0.25, -0.2) is 0 Å². The molecule has 0 saturated heterocycles. The van der Waals surface area contributed by atoms with Crippen LogP contribution in [0.5, 0.6) is 0 Å². The van der Waals surface area contributed by atoms with Gasteiger partial charge in [0, 0.05) is 22.9 Å². The zero-order valence-corrected chi connectivity index (χ0v) is 15.8. The first-order valence-electron chi connectivity index (χ1n) is 9.45. The molecular weight excluding hydrogens is 360 g/mol. The van der Waals surface area contributed by atoms with Crippen LogP contribution in [-0.4, -0.2) is 22.9 Å². The van der Waals surface area contributed by atoms with Gasteiger partial charge in [-0.05, 0) is 38.0 Å². The third kappa shape index (κ3) is 4.79. The van der Waals surface area contributed by atoms with Crippen LogP contribution >= 0.6 is 0 Å². The third-order valence-electron chi connectivity index (χ3n) is 4.95. The topological polar surface area (TPSA) is 109 Å². The summed E-state index contributed by atoms with van der Waals surface area (Å²) in [5.41, 5.74) is 1.91. The molecule has 0 bridgehead atoms. The van der Waals surface area contributed by atoms with Gasteiger partial charge in [-0.1, -0.05) is 25.3 Å². The number of furan rings is 1. The van der Waals surface area contributed by atoms with Crippen LogP contribution < -0.4 is 10.6 Å². The van der Waals surface area contributed by atoms with E-state index in [0.717, 1.165) is 25.7 Å². The fourth-order valence-corrected chi connectivity index (χ4v) is 3.55.